The number of aliphatic hydroxyl groups excluding tert-OH is 1. The van der Waals surface area contributed by atoms with Crippen LogP contribution in [0.1, 0.15) is 54.0 Å². The van der Waals surface area contributed by atoms with Crippen LogP contribution in [0.3, 0.4) is 0 Å². The van der Waals surface area contributed by atoms with Crippen LogP contribution < -0.4 is 5.32 Å². The summed E-state index contributed by atoms with van der Waals surface area (Å²) < 4.78 is 0. The maximum Gasteiger partial charge on any atom is 0.224 e. The number of hydrogen-bond donors (Lipinski definition) is 2. The van der Waals surface area contributed by atoms with Crippen LogP contribution in [0.15, 0.2) is 36.4 Å². The molecule has 3 rings (SSSR count). The van der Waals surface area contributed by atoms with Gasteiger partial charge in [-0.05, 0) is 43.5 Å². The molecule has 0 spiro atoms. The SMILES string of the molecule is CC(O)c1ccc(C2(CNC(=O)Cc3ccccc3Cl)CCCC2)s1. The van der Waals surface area contributed by atoms with Crippen molar-refractivity contribution in [2.45, 2.75) is 50.5 Å². The molecule has 2 aromatic rings. The predicted octanol–water partition coefficient (Wildman–Crippen LogP) is 4.63. The first kappa shape index (κ1) is 18.4. The topological polar surface area (TPSA) is 49.3 Å². The van der Waals surface area contributed by atoms with Crippen molar-refractivity contribution < 1.29 is 9.90 Å². The smallest absolute Gasteiger partial charge is 0.224 e. The highest BCUT2D eigenvalue weighted by Crippen LogP contribution is 2.44. The van der Waals surface area contributed by atoms with E-state index >= 15 is 0 Å². The second-order valence-electron chi connectivity index (χ2n) is 6.91. The van der Waals surface area contributed by atoms with E-state index in [-0.39, 0.29) is 11.3 Å². The van der Waals surface area contributed by atoms with Gasteiger partial charge in [0.2, 0.25) is 5.91 Å². The number of halogens is 1. The summed E-state index contributed by atoms with van der Waals surface area (Å²) in [6.07, 6.45) is 4.40. The number of amides is 1. The lowest BCUT2D eigenvalue weighted by Crippen LogP contribution is -2.39. The van der Waals surface area contributed by atoms with E-state index in [2.05, 4.69) is 11.4 Å². The van der Waals surface area contributed by atoms with Gasteiger partial charge in [-0.25, -0.2) is 0 Å². The van der Waals surface area contributed by atoms with Crippen molar-refractivity contribution in [2.24, 2.45) is 0 Å². The molecule has 25 heavy (non-hydrogen) atoms. The minimum Gasteiger partial charge on any atom is -0.388 e. The highest BCUT2D eigenvalue weighted by molar-refractivity contribution is 7.12. The summed E-state index contributed by atoms with van der Waals surface area (Å²) in [4.78, 5) is 14.7. The average molecular weight is 378 g/mol. The summed E-state index contributed by atoms with van der Waals surface area (Å²) in [5, 5.41) is 13.6. The van der Waals surface area contributed by atoms with Crippen molar-refractivity contribution in [3.63, 3.8) is 0 Å². The summed E-state index contributed by atoms with van der Waals surface area (Å²) >= 11 is 7.82. The van der Waals surface area contributed by atoms with Crippen molar-refractivity contribution in [1.82, 2.24) is 5.32 Å². The Labute approximate surface area is 158 Å². The van der Waals surface area contributed by atoms with Crippen LogP contribution in [-0.4, -0.2) is 17.6 Å². The van der Waals surface area contributed by atoms with Gasteiger partial charge in [-0.15, -0.1) is 11.3 Å². The molecule has 1 heterocycles. The number of nitrogens with one attached hydrogen (secondary N) is 1. The highest BCUT2D eigenvalue weighted by atomic mass is 35.5. The number of carbonyl (C=O) groups excluding carboxylic acids is 1. The van der Waals surface area contributed by atoms with Crippen LogP contribution in [0.4, 0.5) is 0 Å². The van der Waals surface area contributed by atoms with Gasteiger partial charge in [-0.1, -0.05) is 42.6 Å². The molecule has 1 fully saturated rings. The summed E-state index contributed by atoms with van der Waals surface area (Å²) in [5.41, 5.74) is 0.864. The van der Waals surface area contributed by atoms with Crippen molar-refractivity contribution in [3.8, 4) is 0 Å². The van der Waals surface area contributed by atoms with Gasteiger partial charge in [0.15, 0.2) is 0 Å². The monoisotopic (exact) mass is 377 g/mol. The molecule has 1 aliphatic rings. The minimum atomic E-state index is -0.438. The van der Waals surface area contributed by atoms with Crippen LogP contribution in [0.2, 0.25) is 5.02 Å². The van der Waals surface area contributed by atoms with E-state index in [1.807, 2.05) is 30.3 Å². The van der Waals surface area contributed by atoms with Gasteiger partial charge in [0.25, 0.3) is 0 Å². The molecule has 1 aliphatic carbocycles. The Kier molecular flexibility index (Phi) is 5.82. The Morgan fingerprint density at radius 1 is 1.28 bits per heavy atom. The van der Waals surface area contributed by atoms with Crippen molar-refractivity contribution >= 4 is 28.8 Å². The fourth-order valence-corrected chi connectivity index (χ4v) is 4.96. The molecule has 1 amide bonds. The average Bonchev–Trinajstić information content (AvgIpc) is 3.25. The van der Waals surface area contributed by atoms with Gasteiger partial charge < -0.3 is 10.4 Å². The molecule has 0 bridgehead atoms. The maximum atomic E-state index is 12.4. The molecule has 5 heteroatoms. The zero-order valence-corrected chi connectivity index (χ0v) is 16.0. The first-order valence-corrected chi connectivity index (χ1v) is 9.98. The van der Waals surface area contributed by atoms with Crippen molar-refractivity contribution in [1.29, 1.82) is 0 Å². The molecular weight excluding hydrogens is 354 g/mol. The lowest BCUT2D eigenvalue weighted by Gasteiger charge is -2.28. The minimum absolute atomic E-state index is 0.00619. The number of aliphatic hydroxyl groups is 1. The van der Waals surface area contributed by atoms with Gasteiger partial charge in [0.05, 0.1) is 12.5 Å². The van der Waals surface area contributed by atoms with Crippen LogP contribution in [0.5, 0.6) is 0 Å². The van der Waals surface area contributed by atoms with Crippen LogP contribution in [0.25, 0.3) is 0 Å². The fraction of sp³-hybridized carbons (Fsp3) is 0.450. The Morgan fingerprint density at radius 3 is 2.64 bits per heavy atom. The molecule has 1 saturated carbocycles. The molecule has 2 N–H and O–H groups in total. The van der Waals surface area contributed by atoms with Gasteiger partial charge in [-0.2, -0.15) is 0 Å². The standard InChI is InChI=1S/C20H24ClNO2S/c1-14(23)17-8-9-18(25-17)20(10-4-5-11-20)13-22-19(24)12-15-6-2-3-7-16(15)21/h2-3,6-9,14,23H,4-5,10-13H2,1H3,(H,22,24). The first-order valence-electron chi connectivity index (χ1n) is 8.78. The lowest BCUT2D eigenvalue weighted by atomic mass is 9.84. The zero-order valence-electron chi connectivity index (χ0n) is 14.4. The second kappa shape index (κ2) is 7.90. The van der Waals surface area contributed by atoms with Gasteiger partial charge in [0, 0.05) is 26.7 Å². The van der Waals surface area contributed by atoms with Gasteiger partial charge in [0.1, 0.15) is 0 Å². The van der Waals surface area contributed by atoms with Gasteiger partial charge in [-0.3, -0.25) is 4.79 Å². The van der Waals surface area contributed by atoms with E-state index in [9.17, 15) is 9.90 Å². The fourth-order valence-electron chi connectivity index (χ4n) is 3.57. The van der Waals surface area contributed by atoms with E-state index in [4.69, 9.17) is 11.6 Å². The van der Waals surface area contributed by atoms with Crippen LogP contribution >= 0.6 is 22.9 Å². The van der Waals surface area contributed by atoms with Gasteiger partial charge >= 0.3 is 0 Å². The molecular formula is C20H24ClNO2S. The number of carbonyl (C=O) groups is 1. The summed E-state index contributed by atoms with van der Waals surface area (Å²) in [6, 6.07) is 11.6. The molecule has 1 aromatic heterocycles. The van der Waals surface area contributed by atoms with Crippen LogP contribution in [0, 0.1) is 0 Å². The molecule has 1 unspecified atom stereocenters. The van der Waals surface area contributed by atoms with E-state index in [1.54, 1.807) is 18.3 Å². The molecule has 1 atom stereocenters. The number of hydrogen-bond acceptors (Lipinski definition) is 3. The third-order valence-corrected chi connectivity index (χ3v) is 6.93. The Hall–Kier alpha value is -1.36. The Morgan fingerprint density at radius 2 is 2.00 bits per heavy atom. The zero-order chi connectivity index (χ0) is 17.9. The number of thiophene rings is 1. The van der Waals surface area contributed by atoms with E-state index in [1.165, 1.54) is 17.7 Å². The molecule has 0 saturated heterocycles. The summed E-state index contributed by atoms with van der Waals surface area (Å²) in [7, 11) is 0. The van der Waals surface area contributed by atoms with E-state index in [0.29, 0.717) is 18.0 Å². The van der Waals surface area contributed by atoms with E-state index in [0.717, 1.165) is 23.3 Å². The molecule has 0 radical (unpaired) electrons. The first-order chi connectivity index (χ1) is 12.0. The second-order valence-corrected chi connectivity index (χ2v) is 8.43. The predicted molar refractivity (Wildman–Crippen MR) is 103 cm³/mol. The summed E-state index contributed by atoms with van der Waals surface area (Å²) in [5.74, 6) is 0.00619. The third-order valence-electron chi connectivity index (χ3n) is 5.05. The number of rotatable bonds is 6. The molecule has 3 nitrogen and oxygen atoms in total. The molecule has 134 valence electrons. The molecule has 0 aliphatic heterocycles. The summed E-state index contributed by atoms with van der Waals surface area (Å²) in [6.45, 7) is 2.44. The van der Waals surface area contributed by atoms with Crippen molar-refractivity contribution in [3.05, 3.63) is 56.7 Å². The van der Waals surface area contributed by atoms with Crippen molar-refractivity contribution in [2.75, 3.05) is 6.54 Å². The normalized spacial score (nSPS) is 17.4. The molecule has 1 aromatic carbocycles. The van der Waals surface area contributed by atoms with E-state index < -0.39 is 6.10 Å². The quantitative estimate of drug-likeness (QED) is 0.771. The van der Waals surface area contributed by atoms with Crippen LogP contribution in [-0.2, 0) is 16.6 Å². The maximum absolute atomic E-state index is 12.4. The third kappa shape index (κ3) is 4.25. The Balaban J connectivity index is 1.67. The number of benzene rings is 1. The largest absolute Gasteiger partial charge is 0.388 e. The lowest BCUT2D eigenvalue weighted by molar-refractivity contribution is -0.120. The Bertz CT molecular complexity index is 735. The highest BCUT2D eigenvalue weighted by Gasteiger charge is 2.37.